The van der Waals surface area contributed by atoms with Gasteiger partial charge in [0.1, 0.15) is 5.60 Å². The molecular weight excluding hydrogens is 452 g/mol. The van der Waals surface area contributed by atoms with Crippen molar-refractivity contribution in [2.24, 2.45) is 0 Å². The highest BCUT2D eigenvalue weighted by Crippen LogP contribution is 2.47. The third-order valence-electron chi connectivity index (χ3n) is 6.85. The zero-order chi connectivity index (χ0) is 25.4. The Labute approximate surface area is 212 Å². The van der Waals surface area contributed by atoms with Gasteiger partial charge in [0.25, 0.3) is 0 Å². The SMILES string of the molecule is CC(C)(C)OC(=O)N1CCN(c2ccc3cc(C(=O)Cc4ccccc4N)cnc3c2C2CC2)CC1. The van der Waals surface area contributed by atoms with Crippen molar-refractivity contribution in [2.75, 3.05) is 36.8 Å². The zero-order valence-electron chi connectivity index (χ0n) is 21.3. The maximum atomic E-state index is 13.0. The number of piperazine rings is 1. The first kappa shape index (κ1) is 24.1. The number of rotatable bonds is 5. The van der Waals surface area contributed by atoms with E-state index in [1.807, 2.05) is 51.1 Å². The van der Waals surface area contributed by atoms with Gasteiger partial charge in [0.15, 0.2) is 5.78 Å². The van der Waals surface area contributed by atoms with Gasteiger partial charge >= 0.3 is 6.09 Å². The predicted octanol–water partition coefficient (Wildman–Crippen LogP) is 5.18. The van der Waals surface area contributed by atoms with Crippen LogP contribution in [-0.2, 0) is 11.2 Å². The Kier molecular flexibility index (Phi) is 6.33. The number of aromatic nitrogens is 1. The molecule has 2 N–H and O–H groups in total. The van der Waals surface area contributed by atoms with Gasteiger partial charge in [0.05, 0.1) is 5.52 Å². The molecule has 36 heavy (non-hydrogen) atoms. The molecule has 0 bridgehead atoms. The highest BCUT2D eigenvalue weighted by Gasteiger charge is 2.32. The van der Waals surface area contributed by atoms with E-state index in [1.54, 1.807) is 11.1 Å². The third-order valence-corrected chi connectivity index (χ3v) is 6.85. The number of benzene rings is 2. The summed E-state index contributed by atoms with van der Waals surface area (Å²) in [6, 6.07) is 13.7. The zero-order valence-corrected chi connectivity index (χ0v) is 21.3. The van der Waals surface area contributed by atoms with Crippen molar-refractivity contribution in [3.05, 3.63) is 65.4 Å². The summed E-state index contributed by atoms with van der Waals surface area (Å²) in [5.74, 6) is 0.503. The molecule has 1 saturated heterocycles. The fourth-order valence-corrected chi connectivity index (χ4v) is 4.84. The average molecular weight is 487 g/mol. The molecule has 2 aliphatic rings. The number of nitrogens with zero attached hydrogens (tertiary/aromatic N) is 3. The minimum absolute atomic E-state index is 0.0117. The van der Waals surface area contributed by atoms with E-state index in [-0.39, 0.29) is 18.3 Å². The Hall–Kier alpha value is -3.61. The number of hydrogen-bond donors (Lipinski definition) is 1. The number of Topliss-reactive ketones (excluding diaryl/α,β-unsaturated/α-hetero) is 1. The lowest BCUT2D eigenvalue weighted by Crippen LogP contribution is -2.50. The molecule has 0 radical (unpaired) electrons. The number of ether oxygens (including phenoxy) is 1. The van der Waals surface area contributed by atoms with Crippen LogP contribution in [0.5, 0.6) is 0 Å². The molecule has 2 fully saturated rings. The maximum absolute atomic E-state index is 13.0. The fourth-order valence-electron chi connectivity index (χ4n) is 4.84. The number of carbonyl (C=O) groups excluding carboxylic acids is 2. The quantitative estimate of drug-likeness (QED) is 0.395. The second-order valence-electron chi connectivity index (χ2n) is 10.8. The van der Waals surface area contributed by atoms with Crippen molar-refractivity contribution >= 4 is 34.2 Å². The van der Waals surface area contributed by atoms with Crippen molar-refractivity contribution < 1.29 is 14.3 Å². The van der Waals surface area contributed by atoms with E-state index >= 15 is 0 Å². The van der Waals surface area contributed by atoms with Crippen molar-refractivity contribution in [1.82, 2.24) is 9.88 Å². The molecule has 1 aromatic heterocycles. The molecule has 1 aliphatic carbocycles. The van der Waals surface area contributed by atoms with Crippen LogP contribution in [0.3, 0.4) is 0 Å². The number of carbonyl (C=O) groups is 2. The van der Waals surface area contributed by atoms with Gasteiger partial charge in [-0.15, -0.1) is 0 Å². The number of anilines is 2. The summed E-state index contributed by atoms with van der Waals surface area (Å²) in [6.07, 6.45) is 4.02. The van der Waals surface area contributed by atoms with E-state index in [0.717, 1.165) is 42.4 Å². The summed E-state index contributed by atoms with van der Waals surface area (Å²) in [5.41, 5.74) is 11.0. The van der Waals surface area contributed by atoms with Gasteiger partial charge in [-0.25, -0.2) is 4.79 Å². The normalized spacial score (nSPS) is 16.3. The Morgan fingerprint density at radius 2 is 1.78 bits per heavy atom. The molecule has 188 valence electrons. The molecule has 0 atom stereocenters. The molecule has 1 amide bonds. The number of para-hydroxylation sites is 1. The van der Waals surface area contributed by atoms with Gasteiger partial charge in [0.2, 0.25) is 0 Å². The first-order valence-electron chi connectivity index (χ1n) is 12.7. The number of hydrogen-bond acceptors (Lipinski definition) is 6. The van der Waals surface area contributed by atoms with E-state index < -0.39 is 5.60 Å². The van der Waals surface area contributed by atoms with Gasteiger partial charge in [-0.2, -0.15) is 0 Å². The Bertz CT molecular complexity index is 1300. The second-order valence-corrected chi connectivity index (χ2v) is 10.8. The van der Waals surface area contributed by atoms with Gasteiger partial charge < -0.3 is 20.3 Å². The number of pyridine rings is 1. The molecular formula is C29H34N4O3. The maximum Gasteiger partial charge on any atom is 0.410 e. The minimum Gasteiger partial charge on any atom is -0.444 e. The van der Waals surface area contributed by atoms with Crippen molar-refractivity contribution in [2.45, 2.75) is 51.6 Å². The average Bonchev–Trinajstić information content (AvgIpc) is 3.69. The van der Waals surface area contributed by atoms with E-state index in [2.05, 4.69) is 17.0 Å². The number of amides is 1. The Morgan fingerprint density at radius 3 is 2.44 bits per heavy atom. The Balaban J connectivity index is 1.36. The number of ketones is 1. The van der Waals surface area contributed by atoms with E-state index in [1.165, 1.54) is 11.3 Å². The molecule has 0 spiro atoms. The number of fused-ring (bicyclic) bond motifs is 1. The Morgan fingerprint density at radius 1 is 1.06 bits per heavy atom. The largest absolute Gasteiger partial charge is 0.444 e. The van der Waals surface area contributed by atoms with Crippen LogP contribution in [0.2, 0.25) is 0 Å². The highest BCUT2D eigenvalue weighted by molar-refractivity contribution is 6.01. The lowest BCUT2D eigenvalue weighted by atomic mass is 9.98. The molecule has 1 saturated carbocycles. The molecule has 0 unspecified atom stereocenters. The van der Waals surface area contributed by atoms with Crippen LogP contribution in [0, 0.1) is 0 Å². The van der Waals surface area contributed by atoms with E-state index in [9.17, 15) is 9.59 Å². The molecule has 3 aromatic rings. The van der Waals surface area contributed by atoms with Crippen LogP contribution in [0.1, 0.15) is 61.0 Å². The van der Waals surface area contributed by atoms with Gasteiger partial charge in [-0.05, 0) is 63.3 Å². The van der Waals surface area contributed by atoms with Crippen LogP contribution in [-0.4, -0.2) is 53.5 Å². The molecule has 7 nitrogen and oxygen atoms in total. The van der Waals surface area contributed by atoms with Crippen LogP contribution >= 0.6 is 0 Å². The first-order valence-corrected chi connectivity index (χ1v) is 12.7. The van der Waals surface area contributed by atoms with E-state index in [0.29, 0.717) is 30.3 Å². The summed E-state index contributed by atoms with van der Waals surface area (Å²) in [5, 5.41) is 0.986. The second kappa shape index (κ2) is 9.45. The molecule has 2 aromatic carbocycles. The third kappa shape index (κ3) is 5.15. The molecule has 1 aliphatic heterocycles. The van der Waals surface area contributed by atoms with Crippen LogP contribution in [0.25, 0.3) is 10.9 Å². The summed E-state index contributed by atoms with van der Waals surface area (Å²) in [6.45, 7) is 8.42. The van der Waals surface area contributed by atoms with E-state index in [4.69, 9.17) is 15.5 Å². The topological polar surface area (TPSA) is 88.8 Å². The summed E-state index contributed by atoms with van der Waals surface area (Å²) >= 11 is 0. The van der Waals surface area contributed by atoms with Crippen LogP contribution in [0.4, 0.5) is 16.2 Å². The lowest BCUT2D eigenvalue weighted by molar-refractivity contribution is 0.0240. The van der Waals surface area contributed by atoms with Crippen LogP contribution in [0.15, 0.2) is 48.7 Å². The molecule has 2 heterocycles. The van der Waals surface area contributed by atoms with Crippen molar-refractivity contribution in [3.8, 4) is 0 Å². The van der Waals surface area contributed by atoms with Crippen molar-refractivity contribution in [3.63, 3.8) is 0 Å². The number of nitrogens with two attached hydrogens (primary N) is 1. The van der Waals surface area contributed by atoms with Crippen molar-refractivity contribution in [1.29, 1.82) is 0 Å². The van der Waals surface area contributed by atoms with Gasteiger partial charge in [-0.3, -0.25) is 9.78 Å². The summed E-state index contributed by atoms with van der Waals surface area (Å²) in [4.78, 5) is 34.4. The first-order chi connectivity index (χ1) is 17.2. The fraction of sp³-hybridized carbons (Fsp3) is 0.414. The number of nitrogen functional groups attached to an aromatic ring is 1. The molecule has 5 rings (SSSR count). The monoisotopic (exact) mass is 486 g/mol. The van der Waals surface area contributed by atoms with Gasteiger partial charge in [-0.1, -0.05) is 24.3 Å². The summed E-state index contributed by atoms with van der Waals surface area (Å²) < 4.78 is 5.55. The van der Waals surface area contributed by atoms with Crippen LogP contribution < -0.4 is 10.6 Å². The van der Waals surface area contributed by atoms with Gasteiger partial charge in [0, 0.05) is 66.7 Å². The predicted molar refractivity (Wildman–Crippen MR) is 143 cm³/mol. The molecule has 7 heteroatoms. The minimum atomic E-state index is -0.495. The highest BCUT2D eigenvalue weighted by atomic mass is 16.6. The smallest absolute Gasteiger partial charge is 0.410 e. The summed E-state index contributed by atoms with van der Waals surface area (Å²) in [7, 11) is 0. The standard InChI is InChI=1S/C29H34N4O3/c1-29(2,3)36-28(35)33-14-12-32(13-15-33)24-11-10-21-16-22(18-31-27(21)26(24)19-8-9-19)25(34)17-20-6-4-5-7-23(20)30/h4-7,10-11,16,18-19H,8-9,12-15,17,30H2,1-3H3. The lowest BCUT2D eigenvalue weighted by Gasteiger charge is -2.37.